The molecule has 27 heavy (non-hydrogen) atoms. The highest BCUT2D eigenvalue weighted by molar-refractivity contribution is 7.92. The lowest BCUT2D eigenvalue weighted by molar-refractivity contribution is 0.166. The van der Waals surface area contributed by atoms with E-state index in [1.807, 2.05) is 19.1 Å². The Morgan fingerprint density at radius 1 is 1.11 bits per heavy atom. The molecule has 7 heteroatoms. The molecule has 0 amide bonds. The third-order valence-corrected chi connectivity index (χ3v) is 7.93. The van der Waals surface area contributed by atoms with Crippen molar-refractivity contribution in [3.63, 3.8) is 0 Å². The van der Waals surface area contributed by atoms with E-state index in [1.54, 1.807) is 43.5 Å². The maximum absolute atomic E-state index is 13.4. The van der Waals surface area contributed by atoms with Crippen LogP contribution in [-0.2, 0) is 14.6 Å². The van der Waals surface area contributed by atoms with Gasteiger partial charge in [0, 0.05) is 13.0 Å². The third kappa shape index (κ3) is 3.24. The van der Waals surface area contributed by atoms with E-state index in [-0.39, 0.29) is 22.4 Å². The molecule has 1 saturated carbocycles. The van der Waals surface area contributed by atoms with Gasteiger partial charge in [-0.3, -0.25) is 0 Å². The maximum Gasteiger partial charge on any atom is 0.182 e. The number of hydrogen-bond donors (Lipinski definition) is 1. The molecule has 0 unspecified atom stereocenters. The van der Waals surface area contributed by atoms with Gasteiger partial charge in [0.15, 0.2) is 9.84 Å². The van der Waals surface area contributed by atoms with Crippen molar-refractivity contribution in [2.75, 3.05) is 20.8 Å². The van der Waals surface area contributed by atoms with Gasteiger partial charge in [-0.05, 0) is 36.8 Å². The van der Waals surface area contributed by atoms with Crippen LogP contribution in [0.1, 0.15) is 17.0 Å². The number of methoxy groups -OCH3 is 2. The molecule has 0 spiro atoms. The molecule has 0 radical (unpaired) electrons. The lowest BCUT2D eigenvalue weighted by atomic mass is 10.00. The Hall–Kier alpha value is -1.96. The highest BCUT2D eigenvalue weighted by Crippen LogP contribution is 2.64. The molecule has 1 aliphatic rings. The largest absolute Gasteiger partial charge is 0.497 e. The molecule has 3 rings (SSSR count). The van der Waals surface area contributed by atoms with E-state index < -0.39 is 20.5 Å². The van der Waals surface area contributed by atoms with Crippen LogP contribution in [0.25, 0.3) is 0 Å². The van der Waals surface area contributed by atoms with Gasteiger partial charge in [-0.15, -0.1) is 0 Å². The topological polar surface area (TPSA) is 78.6 Å². The Morgan fingerprint density at radius 3 is 2.19 bits per heavy atom. The van der Waals surface area contributed by atoms with Crippen LogP contribution in [0.3, 0.4) is 0 Å². The van der Waals surface area contributed by atoms with Crippen molar-refractivity contribution in [1.82, 2.24) is 0 Å². The fraction of sp³-hybridized carbons (Fsp3) is 0.350. The Labute approximate surface area is 165 Å². The molecule has 0 aliphatic heterocycles. The maximum atomic E-state index is 13.4. The summed E-state index contributed by atoms with van der Waals surface area (Å²) in [6.07, 6.45) is 0. The molecule has 0 heterocycles. The van der Waals surface area contributed by atoms with Crippen molar-refractivity contribution in [2.45, 2.75) is 23.0 Å². The van der Waals surface area contributed by atoms with Crippen LogP contribution < -0.4 is 10.5 Å². The molecule has 2 aromatic rings. The molecule has 144 valence electrons. The van der Waals surface area contributed by atoms with Crippen molar-refractivity contribution >= 4 is 27.0 Å². The zero-order valence-corrected chi connectivity index (χ0v) is 17.1. The van der Waals surface area contributed by atoms with Crippen molar-refractivity contribution in [1.29, 1.82) is 0 Å². The van der Waals surface area contributed by atoms with Gasteiger partial charge < -0.3 is 15.2 Å². The molecule has 5 nitrogen and oxygen atoms in total. The third-order valence-electron chi connectivity index (χ3n) is 5.26. The number of thiocarbonyl (C=S) groups is 1. The number of ether oxygens (including phenoxy) is 2. The van der Waals surface area contributed by atoms with Crippen LogP contribution in [0.2, 0.25) is 0 Å². The molecule has 0 bridgehead atoms. The predicted molar refractivity (Wildman–Crippen MR) is 109 cm³/mol. The summed E-state index contributed by atoms with van der Waals surface area (Å²) >= 11 is 5.31. The first-order valence-electron chi connectivity index (χ1n) is 8.52. The summed E-state index contributed by atoms with van der Waals surface area (Å²) in [6.45, 7) is 2.06. The zero-order chi connectivity index (χ0) is 19.8. The van der Waals surface area contributed by atoms with Gasteiger partial charge in [-0.25, -0.2) is 8.42 Å². The average Bonchev–Trinajstić information content (AvgIpc) is 3.33. The minimum atomic E-state index is -3.65. The van der Waals surface area contributed by atoms with Crippen LogP contribution in [0, 0.1) is 12.3 Å². The van der Waals surface area contributed by atoms with Crippen LogP contribution in [-0.4, -0.2) is 39.5 Å². The molecule has 0 saturated heterocycles. The van der Waals surface area contributed by atoms with Crippen molar-refractivity contribution < 1.29 is 17.9 Å². The average molecular weight is 406 g/mol. The summed E-state index contributed by atoms with van der Waals surface area (Å²) in [7, 11) is -0.538. The lowest BCUT2D eigenvalue weighted by Gasteiger charge is -2.16. The zero-order valence-electron chi connectivity index (χ0n) is 15.5. The van der Waals surface area contributed by atoms with Gasteiger partial charge in [0.05, 0.1) is 34.3 Å². The van der Waals surface area contributed by atoms with E-state index >= 15 is 0 Å². The summed E-state index contributed by atoms with van der Waals surface area (Å²) in [5.74, 6) is 0.331. The minimum Gasteiger partial charge on any atom is -0.497 e. The first kappa shape index (κ1) is 19.8. The van der Waals surface area contributed by atoms with Gasteiger partial charge in [0.2, 0.25) is 0 Å². The second-order valence-electron chi connectivity index (χ2n) is 6.87. The van der Waals surface area contributed by atoms with Gasteiger partial charge in [-0.1, -0.05) is 42.0 Å². The number of hydrogen-bond acceptors (Lipinski definition) is 5. The quantitative estimate of drug-likeness (QED) is 0.714. The van der Waals surface area contributed by atoms with Gasteiger partial charge in [0.1, 0.15) is 5.75 Å². The van der Waals surface area contributed by atoms with Crippen molar-refractivity contribution in [3.8, 4) is 5.75 Å². The first-order chi connectivity index (χ1) is 12.8. The second kappa shape index (κ2) is 7.22. The fourth-order valence-corrected chi connectivity index (χ4v) is 6.57. The standard InChI is InChI=1S/C20H23NO4S2/c1-13-4-10-16(11-5-13)27(22,23)18-17(20(18,12-24-2)19(21)26)14-6-8-15(25-3)9-7-14/h4-11,17-18H,12H2,1-3H3,(H2,21,26)/t17-,18-,20+/m0/s1. The summed E-state index contributed by atoms with van der Waals surface area (Å²) in [5.41, 5.74) is 6.97. The summed E-state index contributed by atoms with van der Waals surface area (Å²) in [6, 6.07) is 14.2. The Balaban J connectivity index is 2.09. The molecule has 2 N–H and O–H groups in total. The SMILES string of the molecule is COC[C@@]1(C(N)=S)[C@@H](c2ccc(OC)cc2)[C@@H]1S(=O)(=O)c1ccc(C)cc1. The summed E-state index contributed by atoms with van der Waals surface area (Å²) in [5, 5.41) is -0.765. The molecule has 1 aliphatic carbocycles. The Morgan fingerprint density at radius 2 is 1.70 bits per heavy atom. The first-order valence-corrected chi connectivity index (χ1v) is 10.5. The van der Waals surface area contributed by atoms with Gasteiger partial charge in [-0.2, -0.15) is 0 Å². The number of nitrogens with two attached hydrogens (primary N) is 1. The monoisotopic (exact) mass is 405 g/mol. The number of sulfone groups is 1. The van der Waals surface area contributed by atoms with E-state index in [0.29, 0.717) is 5.75 Å². The number of aryl methyl sites for hydroxylation is 1. The van der Waals surface area contributed by atoms with Crippen LogP contribution >= 0.6 is 12.2 Å². The molecule has 1 fully saturated rings. The van der Waals surface area contributed by atoms with Crippen LogP contribution in [0.15, 0.2) is 53.4 Å². The van der Waals surface area contributed by atoms with Crippen LogP contribution in [0.4, 0.5) is 0 Å². The summed E-state index contributed by atoms with van der Waals surface area (Å²) in [4.78, 5) is 0.427. The van der Waals surface area contributed by atoms with Crippen molar-refractivity contribution in [2.24, 2.45) is 11.1 Å². The number of benzene rings is 2. The fourth-order valence-electron chi connectivity index (χ4n) is 3.79. The molecule has 0 aromatic heterocycles. The normalized spacial score (nSPS) is 24.4. The molecular weight excluding hydrogens is 382 g/mol. The highest BCUT2D eigenvalue weighted by atomic mass is 32.2. The summed E-state index contributed by atoms with van der Waals surface area (Å²) < 4.78 is 37.4. The smallest absolute Gasteiger partial charge is 0.182 e. The van der Waals surface area contributed by atoms with E-state index in [0.717, 1.165) is 11.1 Å². The second-order valence-corrected chi connectivity index (χ2v) is 9.38. The lowest BCUT2D eigenvalue weighted by Crippen LogP contribution is -2.33. The minimum absolute atomic E-state index is 0.148. The van der Waals surface area contributed by atoms with Crippen LogP contribution in [0.5, 0.6) is 5.75 Å². The van der Waals surface area contributed by atoms with Crippen molar-refractivity contribution in [3.05, 3.63) is 59.7 Å². The predicted octanol–water partition coefficient (Wildman–Crippen LogP) is 2.86. The van der Waals surface area contributed by atoms with E-state index in [4.69, 9.17) is 27.4 Å². The Bertz CT molecular complexity index is 939. The van der Waals surface area contributed by atoms with Gasteiger partial charge >= 0.3 is 0 Å². The molecule has 3 atom stereocenters. The van der Waals surface area contributed by atoms with E-state index in [2.05, 4.69) is 0 Å². The molecular formula is C20H23NO4S2. The highest BCUT2D eigenvalue weighted by Gasteiger charge is 2.73. The van der Waals surface area contributed by atoms with Gasteiger partial charge in [0.25, 0.3) is 0 Å². The molecule has 2 aromatic carbocycles. The van der Waals surface area contributed by atoms with E-state index in [9.17, 15) is 8.42 Å². The van der Waals surface area contributed by atoms with E-state index in [1.165, 1.54) is 7.11 Å². The Kier molecular flexibility index (Phi) is 5.29. The number of rotatable bonds is 7.